The molecule has 0 aliphatic carbocycles. The molecular weight excluding hydrogens is 527 g/mol. The fourth-order valence-electron chi connectivity index (χ4n) is 4.04. The lowest BCUT2D eigenvalue weighted by atomic mass is 9.99. The van der Waals surface area contributed by atoms with E-state index in [0.717, 1.165) is 15.7 Å². The highest BCUT2D eigenvalue weighted by Crippen LogP contribution is 2.26. The molecule has 0 atom stereocenters. The number of hydrogen-bond donors (Lipinski definition) is 0. The molecule has 4 aromatic rings. The van der Waals surface area contributed by atoms with Crippen LogP contribution in [0.5, 0.6) is 11.5 Å². The number of carbonyl (C=O) groups is 1. The minimum Gasteiger partial charge on any atom is -0.492 e. The van der Waals surface area contributed by atoms with Crippen molar-refractivity contribution in [3.8, 4) is 11.5 Å². The smallest absolute Gasteiger partial charge is 0.331 e. The number of ether oxygens (including phenoxy) is 2. The van der Waals surface area contributed by atoms with Gasteiger partial charge >= 0.3 is 5.69 Å². The summed E-state index contributed by atoms with van der Waals surface area (Å²) in [7, 11) is 0. The van der Waals surface area contributed by atoms with Crippen molar-refractivity contribution in [2.75, 3.05) is 13.2 Å². The maximum atomic E-state index is 13.3. The van der Waals surface area contributed by atoms with Gasteiger partial charge in [0, 0.05) is 27.9 Å². The van der Waals surface area contributed by atoms with Gasteiger partial charge in [-0.3, -0.25) is 18.7 Å². The van der Waals surface area contributed by atoms with Crippen LogP contribution in [0.25, 0.3) is 0 Å². The normalized spacial score (nSPS) is 10.8. The van der Waals surface area contributed by atoms with Crippen LogP contribution in [0.1, 0.15) is 27.0 Å². The zero-order valence-corrected chi connectivity index (χ0v) is 22.5. The molecular formula is C29H26Cl2N2O5. The summed E-state index contributed by atoms with van der Waals surface area (Å²) in [5.74, 6) is 0.715. The number of nitrogens with zero attached hydrogens (tertiary/aromatic N) is 2. The van der Waals surface area contributed by atoms with Gasteiger partial charge in [0.15, 0.2) is 5.78 Å². The molecule has 1 aromatic heterocycles. The molecule has 0 radical (unpaired) electrons. The molecule has 3 aromatic carbocycles. The van der Waals surface area contributed by atoms with Crippen LogP contribution >= 0.6 is 23.2 Å². The summed E-state index contributed by atoms with van der Waals surface area (Å²) in [6, 6.07) is 18.6. The summed E-state index contributed by atoms with van der Waals surface area (Å²) in [6.45, 7) is 4.31. The first kappa shape index (κ1) is 27.2. The van der Waals surface area contributed by atoms with Crippen LogP contribution in [0.4, 0.5) is 0 Å². The molecule has 0 aliphatic heterocycles. The first-order chi connectivity index (χ1) is 18.2. The van der Waals surface area contributed by atoms with Crippen LogP contribution < -0.4 is 20.7 Å². The van der Waals surface area contributed by atoms with Crippen LogP contribution in [-0.4, -0.2) is 28.1 Å². The summed E-state index contributed by atoms with van der Waals surface area (Å²) >= 11 is 12.1. The Morgan fingerprint density at radius 1 is 0.789 bits per heavy atom. The van der Waals surface area contributed by atoms with E-state index in [-0.39, 0.29) is 32.1 Å². The molecule has 1 heterocycles. The van der Waals surface area contributed by atoms with E-state index in [1.54, 1.807) is 42.5 Å². The van der Waals surface area contributed by atoms with Gasteiger partial charge in [0.1, 0.15) is 24.7 Å². The molecule has 0 unspecified atom stereocenters. The Hall–Kier alpha value is -3.81. The molecule has 0 N–H and O–H groups in total. The van der Waals surface area contributed by atoms with Gasteiger partial charge in [-0.25, -0.2) is 4.79 Å². The Kier molecular flexibility index (Phi) is 8.71. The molecule has 0 bridgehead atoms. The first-order valence-electron chi connectivity index (χ1n) is 12.0. The summed E-state index contributed by atoms with van der Waals surface area (Å²) in [4.78, 5) is 38.6. The van der Waals surface area contributed by atoms with E-state index in [4.69, 9.17) is 32.7 Å². The second-order valence-corrected chi connectivity index (χ2v) is 9.65. The minimum absolute atomic E-state index is 0.00361. The van der Waals surface area contributed by atoms with Crippen molar-refractivity contribution in [2.45, 2.75) is 26.9 Å². The highest BCUT2D eigenvalue weighted by molar-refractivity contribution is 6.31. The molecule has 0 spiro atoms. The van der Waals surface area contributed by atoms with Gasteiger partial charge < -0.3 is 9.47 Å². The fraction of sp³-hybridized carbons (Fsp3) is 0.207. The number of rotatable bonds is 10. The van der Waals surface area contributed by atoms with Gasteiger partial charge in [0.25, 0.3) is 5.56 Å². The lowest BCUT2D eigenvalue weighted by Crippen LogP contribution is -2.40. The Labute approximate surface area is 229 Å². The fourth-order valence-corrected chi connectivity index (χ4v) is 4.34. The minimum atomic E-state index is -0.483. The summed E-state index contributed by atoms with van der Waals surface area (Å²) in [5.41, 5.74) is 1.84. The number of carbonyl (C=O) groups excluding carboxylic acids is 1. The Balaban J connectivity index is 1.45. The highest BCUT2D eigenvalue weighted by atomic mass is 35.5. The van der Waals surface area contributed by atoms with Gasteiger partial charge in [-0.2, -0.15) is 0 Å². The van der Waals surface area contributed by atoms with E-state index in [1.165, 1.54) is 16.8 Å². The third-order valence-electron chi connectivity index (χ3n) is 5.80. The van der Waals surface area contributed by atoms with Crippen LogP contribution in [0.15, 0.2) is 82.5 Å². The van der Waals surface area contributed by atoms with Crippen molar-refractivity contribution in [3.05, 3.63) is 126 Å². The van der Waals surface area contributed by atoms with E-state index in [2.05, 4.69) is 0 Å². The van der Waals surface area contributed by atoms with Crippen LogP contribution in [0.2, 0.25) is 10.0 Å². The number of aryl methyl sites for hydroxylation is 2. The van der Waals surface area contributed by atoms with Crippen molar-refractivity contribution >= 4 is 29.0 Å². The van der Waals surface area contributed by atoms with Gasteiger partial charge in [0.05, 0.1) is 18.7 Å². The predicted molar refractivity (Wildman–Crippen MR) is 148 cm³/mol. The SMILES string of the molecule is Cc1cc(C)cc(C(=O)c2cc(Cl)ccc2OCCn2c(=O)ccn(CCOc3ccc(Cl)cc3)c2=O)c1. The molecule has 9 heteroatoms. The highest BCUT2D eigenvalue weighted by Gasteiger charge is 2.17. The van der Waals surface area contributed by atoms with E-state index >= 15 is 0 Å². The summed E-state index contributed by atoms with van der Waals surface area (Å²) < 4.78 is 14.0. The Bertz CT molecular complexity index is 1560. The van der Waals surface area contributed by atoms with Gasteiger partial charge in [-0.05, 0) is 68.4 Å². The molecule has 38 heavy (non-hydrogen) atoms. The van der Waals surface area contributed by atoms with E-state index < -0.39 is 11.2 Å². The van der Waals surface area contributed by atoms with Crippen LogP contribution in [-0.2, 0) is 13.1 Å². The Morgan fingerprint density at radius 2 is 1.45 bits per heavy atom. The summed E-state index contributed by atoms with van der Waals surface area (Å²) in [6.07, 6.45) is 1.44. The van der Waals surface area contributed by atoms with E-state index in [0.29, 0.717) is 32.7 Å². The zero-order valence-electron chi connectivity index (χ0n) is 20.9. The molecule has 0 saturated carbocycles. The third-order valence-corrected chi connectivity index (χ3v) is 6.28. The largest absolute Gasteiger partial charge is 0.492 e. The van der Waals surface area contributed by atoms with Crippen molar-refractivity contribution in [1.29, 1.82) is 0 Å². The molecule has 196 valence electrons. The number of ketones is 1. The quantitative estimate of drug-likeness (QED) is 0.249. The van der Waals surface area contributed by atoms with Gasteiger partial charge in [-0.15, -0.1) is 0 Å². The molecule has 0 saturated heterocycles. The third kappa shape index (κ3) is 6.73. The molecule has 4 rings (SSSR count). The maximum Gasteiger partial charge on any atom is 0.331 e. The van der Waals surface area contributed by atoms with E-state index in [9.17, 15) is 14.4 Å². The number of hydrogen-bond acceptors (Lipinski definition) is 5. The lowest BCUT2D eigenvalue weighted by Gasteiger charge is -2.14. The second-order valence-electron chi connectivity index (χ2n) is 8.78. The number of halogens is 2. The van der Waals surface area contributed by atoms with Crippen molar-refractivity contribution in [1.82, 2.24) is 9.13 Å². The van der Waals surface area contributed by atoms with Crippen LogP contribution in [0.3, 0.4) is 0 Å². The topological polar surface area (TPSA) is 79.5 Å². The molecule has 0 aliphatic rings. The van der Waals surface area contributed by atoms with Crippen molar-refractivity contribution in [3.63, 3.8) is 0 Å². The van der Waals surface area contributed by atoms with Gasteiger partial charge in [-0.1, -0.05) is 40.4 Å². The molecule has 0 amide bonds. The van der Waals surface area contributed by atoms with Crippen LogP contribution in [0, 0.1) is 13.8 Å². The zero-order chi connectivity index (χ0) is 27.2. The van der Waals surface area contributed by atoms with Crippen molar-refractivity contribution in [2.24, 2.45) is 0 Å². The second kappa shape index (κ2) is 12.2. The van der Waals surface area contributed by atoms with E-state index in [1.807, 2.05) is 32.0 Å². The number of aromatic nitrogens is 2. The van der Waals surface area contributed by atoms with Crippen molar-refractivity contribution < 1.29 is 14.3 Å². The average molecular weight is 553 g/mol. The summed E-state index contributed by atoms with van der Waals surface area (Å²) in [5, 5.41) is 0.997. The Morgan fingerprint density at radius 3 is 2.16 bits per heavy atom. The first-order valence-corrected chi connectivity index (χ1v) is 12.7. The molecule has 0 fully saturated rings. The maximum absolute atomic E-state index is 13.3. The predicted octanol–water partition coefficient (Wildman–Crippen LogP) is 5.32. The van der Waals surface area contributed by atoms with Gasteiger partial charge in [0.2, 0.25) is 0 Å². The number of benzene rings is 3. The standard InChI is InChI=1S/C29H26Cl2N2O5/c1-19-15-20(2)17-21(16-19)28(35)25-18-23(31)5-8-26(25)38-14-12-33-27(34)9-10-32(29(33)36)11-13-37-24-6-3-22(30)4-7-24/h3-10,15-18H,11-14H2,1-2H3. The average Bonchev–Trinajstić information content (AvgIpc) is 2.88. The lowest BCUT2D eigenvalue weighted by molar-refractivity contribution is 0.103. The molecule has 7 nitrogen and oxygen atoms in total. The monoisotopic (exact) mass is 552 g/mol.